The van der Waals surface area contributed by atoms with Crippen LogP contribution in [0.3, 0.4) is 0 Å². The van der Waals surface area contributed by atoms with Gasteiger partial charge < -0.3 is 15.3 Å². The summed E-state index contributed by atoms with van der Waals surface area (Å²) in [5.41, 5.74) is 0. The standard InChI is InChI=1S/C15H26N2O2.CH4O/c1-11(18)13-9-6-10-17(13)15(19)14(16-2)12-7-4-3-5-8-12;1-2/h12-14,16H,3-10H2,1-2H3;2H,1H3. The monoisotopic (exact) mass is 298 g/mol. The lowest BCUT2D eigenvalue weighted by Gasteiger charge is -2.33. The fraction of sp³-hybridized carbons (Fsp3) is 0.875. The van der Waals surface area contributed by atoms with Gasteiger partial charge >= 0.3 is 0 Å². The maximum absolute atomic E-state index is 12.7. The molecule has 2 N–H and O–H groups in total. The molecule has 1 aliphatic heterocycles. The number of aliphatic hydroxyl groups is 1. The predicted molar refractivity (Wildman–Crippen MR) is 83.0 cm³/mol. The van der Waals surface area contributed by atoms with E-state index in [-0.39, 0.29) is 23.8 Å². The number of rotatable bonds is 4. The fourth-order valence-corrected chi connectivity index (χ4v) is 3.66. The van der Waals surface area contributed by atoms with Crippen molar-refractivity contribution in [2.75, 3.05) is 20.7 Å². The number of likely N-dealkylation sites (N-methyl/N-ethyl adjacent to an activating group) is 1. The number of nitrogens with one attached hydrogen (secondary N) is 1. The largest absolute Gasteiger partial charge is 0.400 e. The SMILES string of the molecule is CNC(C(=O)N1CCCC1C(C)=O)C1CCCCC1.CO. The summed E-state index contributed by atoms with van der Waals surface area (Å²) in [4.78, 5) is 26.2. The number of amides is 1. The molecule has 1 saturated heterocycles. The van der Waals surface area contributed by atoms with Crippen molar-refractivity contribution in [2.24, 2.45) is 5.92 Å². The summed E-state index contributed by atoms with van der Waals surface area (Å²) in [6, 6.07) is -0.271. The van der Waals surface area contributed by atoms with E-state index in [0.29, 0.717) is 5.92 Å². The van der Waals surface area contributed by atoms with Gasteiger partial charge in [0.1, 0.15) is 0 Å². The first-order valence-corrected chi connectivity index (χ1v) is 8.08. The van der Waals surface area contributed by atoms with Crippen LogP contribution in [-0.2, 0) is 9.59 Å². The summed E-state index contributed by atoms with van der Waals surface area (Å²) < 4.78 is 0. The van der Waals surface area contributed by atoms with Gasteiger partial charge in [0.05, 0.1) is 12.1 Å². The molecule has 0 radical (unpaired) electrons. The van der Waals surface area contributed by atoms with E-state index in [1.54, 1.807) is 6.92 Å². The van der Waals surface area contributed by atoms with E-state index < -0.39 is 0 Å². The quantitative estimate of drug-likeness (QED) is 0.822. The minimum atomic E-state index is -0.174. The molecule has 1 aliphatic carbocycles. The van der Waals surface area contributed by atoms with Crippen LogP contribution < -0.4 is 5.32 Å². The van der Waals surface area contributed by atoms with Gasteiger partial charge in [-0.05, 0) is 45.6 Å². The number of hydrogen-bond donors (Lipinski definition) is 2. The van der Waals surface area contributed by atoms with Crippen LogP contribution in [0.1, 0.15) is 51.9 Å². The van der Waals surface area contributed by atoms with Gasteiger partial charge in [-0.1, -0.05) is 19.3 Å². The smallest absolute Gasteiger partial charge is 0.240 e. The second-order valence-corrected chi connectivity index (χ2v) is 5.96. The Labute approximate surface area is 128 Å². The minimum absolute atomic E-state index is 0.0970. The van der Waals surface area contributed by atoms with Crippen molar-refractivity contribution in [3.63, 3.8) is 0 Å². The average molecular weight is 298 g/mol. The topological polar surface area (TPSA) is 69.6 Å². The predicted octanol–water partition coefficient (Wildman–Crippen LogP) is 1.34. The van der Waals surface area contributed by atoms with Gasteiger partial charge in [0, 0.05) is 13.7 Å². The summed E-state index contributed by atoms with van der Waals surface area (Å²) >= 11 is 0. The van der Waals surface area contributed by atoms with E-state index in [9.17, 15) is 9.59 Å². The molecular formula is C16H30N2O3. The third kappa shape index (κ3) is 4.51. The van der Waals surface area contributed by atoms with Gasteiger partial charge in [-0.25, -0.2) is 0 Å². The second kappa shape index (κ2) is 9.15. The number of nitrogens with zero attached hydrogens (tertiary/aromatic N) is 1. The van der Waals surface area contributed by atoms with Crippen LogP contribution in [0.2, 0.25) is 0 Å². The summed E-state index contributed by atoms with van der Waals surface area (Å²) in [5, 5.41) is 10.2. The highest BCUT2D eigenvalue weighted by atomic mass is 16.2. The zero-order chi connectivity index (χ0) is 15.8. The molecule has 5 nitrogen and oxygen atoms in total. The van der Waals surface area contributed by atoms with E-state index in [1.807, 2.05) is 11.9 Å². The molecule has 2 unspecified atom stereocenters. The highest BCUT2D eigenvalue weighted by Gasteiger charge is 2.37. The lowest BCUT2D eigenvalue weighted by Crippen LogP contribution is -2.52. The van der Waals surface area contributed by atoms with Gasteiger partial charge in [-0.15, -0.1) is 0 Å². The third-order valence-electron chi connectivity index (χ3n) is 4.70. The van der Waals surface area contributed by atoms with Crippen LogP contribution in [0.5, 0.6) is 0 Å². The Bertz CT molecular complexity index is 340. The Morgan fingerprint density at radius 3 is 2.24 bits per heavy atom. The zero-order valence-corrected chi connectivity index (χ0v) is 13.6. The molecule has 0 bridgehead atoms. The fourth-order valence-electron chi connectivity index (χ4n) is 3.66. The van der Waals surface area contributed by atoms with Gasteiger partial charge in [0.25, 0.3) is 0 Å². The van der Waals surface area contributed by atoms with Crippen LogP contribution in [0.4, 0.5) is 0 Å². The Hall–Kier alpha value is -0.940. The Morgan fingerprint density at radius 2 is 1.71 bits per heavy atom. The molecule has 5 heteroatoms. The molecule has 1 saturated carbocycles. The van der Waals surface area contributed by atoms with E-state index in [2.05, 4.69) is 5.32 Å². The van der Waals surface area contributed by atoms with Crippen molar-refractivity contribution < 1.29 is 14.7 Å². The summed E-state index contributed by atoms with van der Waals surface area (Å²) in [7, 11) is 2.87. The molecule has 0 aromatic rings. The molecule has 2 fully saturated rings. The number of likely N-dealkylation sites (tertiary alicyclic amines) is 1. The number of hydrogen-bond acceptors (Lipinski definition) is 4. The van der Waals surface area contributed by atoms with Crippen LogP contribution in [0.15, 0.2) is 0 Å². The van der Waals surface area contributed by atoms with Crippen molar-refractivity contribution in [3.8, 4) is 0 Å². The van der Waals surface area contributed by atoms with Crippen molar-refractivity contribution in [1.82, 2.24) is 10.2 Å². The lowest BCUT2D eigenvalue weighted by molar-refractivity contribution is -0.140. The Balaban J connectivity index is 0.00000106. The second-order valence-electron chi connectivity index (χ2n) is 5.96. The molecule has 0 spiro atoms. The molecule has 21 heavy (non-hydrogen) atoms. The first-order chi connectivity index (χ1) is 10.1. The molecule has 0 aromatic heterocycles. The third-order valence-corrected chi connectivity index (χ3v) is 4.70. The van der Waals surface area contributed by atoms with Crippen molar-refractivity contribution in [3.05, 3.63) is 0 Å². The molecule has 2 aliphatic rings. The van der Waals surface area contributed by atoms with Gasteiger partial charge in [-0.3, -0.25) is 9.59 Å². The number of carbonyl (C=O) groups excluding carboxylic acids is 2. The van der Waals surface area contributed by atoms with E-state index in [0.717, 1.165) is 39.3 Å². The van der Waals surface area contributed by atoms with Crippen molar-refractivity contribution in [2.45, 2.75) is 64.0 Å². The zero-order valence-electron chi connectivity index (χ0n) is 13.6. The molecule has 2 atom stereocenters. The maximum atomic E-state index is 12.7. The number of aliphatic hydroxyl groups excluding tert-OH is 1. The lowest BCUT2D eigenvalue weighted by atomic mass is 9.83. The summed E-state index contributed by atoms with van der Waals surface area (Å²) in [6.07, 6.45) is 7.81. The molecule has 1 amide bonds. The Morgan fingerprint density at radius 1 is 1.10 bits per heavy atom. The summed E-state index contributed by atoms with van der Waals surface area (Å²) in [6.45, 7) is 2.35. The summed E-state index contributed by atoms with van der Waals surface area (Å²) in [5.74, 6) is 0.718. The molecule has 2 rings (SSSR count). The van der Waals surface area contributed by atoms with Crippen LogP contribution in [-0.4, -0.2) is 54.5 Å². The van der Waals surface area contributed by atoms with Gasteiger partial charge in [-0.2, -0.15) is 0 Å². The minimum Gasteiger partial charge on any atom is -0.400 e. The maximum Gasteiger partial charge on any atom is 0.240 e. The van der Waals surface area contributed by atoms with E-state index in [4.69, 9.17) is 5.11 Å². The first-order valence-electron chi connectivity index (χ1n) is 8.08. The van der Waals surface area contributed by atoms with Crippen LogP contribution in [0.25, 0.3) is 0 Å². The van der Waals surface area contributed by atoms with Crippen molar-refractivity contribution in [1.29, 1.82) is 0 Å². The number of carbonyl (C=O) groups is 2. The Kier molecular flexibility index (Phi) is 7.89. The molecular weight excluding hydrogens is 268 g/mol. The van der Waals surface area contributed by atoms with Crippen LogP contribution >= 0.6 is 0 Å². The number of ketones is 1. The van der Waals surface area contributed by atoms with Gasteiger partial charge in [0.15, 0.2) is 5.78 Å². The molecule has 122 valence electrons. The van der Waals surface area contributed by atoms with Gasteiger partial charge in [0.2, 0.25) is 5.91 Å². The number of Topliss-reactive ketones (excluding diaryl/α,β-unsaturated/α-hetero) is 1. The van der Waals surface area contributed by atoms with E-state index >= 15 is 0 Å². The van der Waals surface area contributed by atoms with E-state index in [1.165, 1.54) is 19.3 Å². The normalized spacial score (nSPS) is 24.2. The average Bonchev–Trinajstić information content (AvgIpc) is 3.01. The highest BCUT2D eigenvalue weighted by molar-refractivity contribution is 5.90. The molecule has 1 heterocycles. The van der Waals surface area contributed by atoms with Crippen LogP contribution in [0, 0.1) is 5.92 Å². The molecule has 0 aromatic carbocycles. The first kappa shape index (κ1) is 18.1. The highest BCUT2D eigenvalue weighted by Crippen LogP contribution is 2.29. The van der Waals surface area contributed by atoms with Crippen molar-refractivity contribution >= 4 is 11.7 Å².